The monoisotopic (exact) mass is 431 g/mol. The predicted molar refractivity (Wildman–Crippen MR) is 113 cm³/mol. The lowest BCUT2D eigenvalue weighted by molar-refractivity contribution is -0.116. The van der Waals surface area contributed by atoms with Crippen LogP contribution in [0.2, 0.25) is 10.0 Å². The first kappa shape index (κ1) is 20.9. The lowest BCUT2D eigenvalue weighted by Crippen LogP contribution is -2.20. The van der Waals surface area contributed by atoms with Crippen molar-refractivity contribution in [1.82, 2.24) is 10.3 Å². The van der Waals surface area contributed by atoms with Gasteiger partial charge in [-0.3, -0.25) is 9.59 Å². The molecule has 0 saturated heterocycles. The summed E-state index contributed by atoms with van der Waals surface area (Å²) in [5.74, 6) is 0.534. The predicted octanol–water partition coefficient (Wildman–Crippen LogP) is 4.89. The molecule has 3 rings (SSSR count). The molecule has 0 radical (unpaired) electrons. The third kappa shape index (κ3) is 4.96. The summed E-state index contributed by atoms with van der Waals surface area (Å²) in [7, 11) is 1.56. The van der Waals surface area contributed by atoms with E-state index in [1.54, 1.807) is 56.6 Å². The second-order valence-corrected chi connectivity index (χ2v) is 7.19. The van der Waals surface area contributed by atoms with Gasteiger partial charge in [0.15, 0.2) is 11.7 Å². The summed E-state index contributed by atoms with van der Waals surface area (Å²) in [6.07, 6.45) is 2.07. The fourth-order valence-corrected chi connectivity index (χ4v) is 3.33. The van der Waals surface area contributed by atoms with E-state index in [0.717, 1.165) is 0 Å². The number of aromatic nitrogens is 1. The van der Waals surface area contributed by atoms with Crippen molar-refractivity contribution in [2.75, 3.05) is 12.4 Å². The van der Waals surface area contributed by atoms with Crippen LogP contribution in [0.25, 0.3) is 11.3 Å². The van der Waals surface area contributed by atoms with E-state index in [9.17, 15) is 9.59 Å². The first-order valence-electron chi connectivity index (χ1n) is 8.90. The Hall–Kier alpha value is -2.83. The molecule has 1 aromatic heterocycles. The van der Waals surface area contributed by atoms with Gasteiger partial charge in [-0.2, -0.15) is 0 Å². The maximum absolute atomic E-state index is 12.3. The molecule has 3 aromatic rings. The minimum atomic E-state index is -0.202. The molecule has 0 aliphatic heterocycles. The molecule has 0 unspecified atom stereocenters. The molecule has 150 valence electrons. The van der Waals surface area contributed by atoms with Crippen molar-refractivity contribution in [2.24, 2.45) is 0 Å². The molecule has 2 amide bonds. The molecule has 0 aliphatic rings. The highest BCUT2D eigenvalue weighted by atomic mass is 35.5. The van der Waals surface area contributed by atoms with Gasteiger partial charge < -0.3 is 15.1 Å². The number of hydrogen-bond acceptors (Lipinski definition) is 4. The van der Waals surface area contributed by atoms with Crippen LogP contribution in [0.5, 0.6) is 0 Å². The van der Waals surface area contributed by atoms with Crippen LogP contribution in [0.4, 0.5) is 5.69 Å². The van der Waals surface area contributed by atoms with Crippen molar-refractivity contribution in [3.05, 3.63) is 69.7 Å². The van der Waals surface area contributed by atoms with E-state index in [1.165, 1.54) is 0 Å². The third-order valence-electron chi connectivity index (χ3n) is 4.40. The fraction of sp³-hybridized carbons (Fsp3) is 0.190. The van der Waals surface area contributed by atoms with Crippen LogP contribution in [0, 0.1) is 6.92 Å². The SMILES string of the molecule is CNC(=O)c1cccc(NC(=O)CCc2ncc(-c3ccc(Cl)cc3Cl)o2)c1C. The van der Waals surface area contributed by atoms with Crippen molar-refractivity contribution >= 4 is 40.7 Å². The third-order valence-corrected chi connectivity index (χ3v) is 4.94. The average Bonchev–Trinajstić information content (AvgIpc) is 3.16. The van der Waals surface area contributed by atoms with Crippen LogP contribution in [0.15, 0.2) is 47.0 Å². The lowest BCUT2D eigenvalue weighted by atomic mass is 10.1. The van der Waals surface area contributed by atoms with Crippen molar-refractivity contribution in [2.45, 2.75) is 19.8 Å². The van der Waals surface area contributed by atoms with Gasteiger partial charge in [0.2, 0.25) is 5.91 Å². The number of carbonyl (C=O) groups excluding carboxylic acids is 2. The molecular weight excluding hydrogens is 413 g/mol. The molecule has 0 bridgehead atoms. The maximum Gasteiger partial charge on any atom is 0.251 e. The number of amides is 2. The van der Waals surface area contributed by atoms with Gasteiger partial charge in [0, 0.05) is 41.7 Å². The molecule has 0 atom stereocenters. The Morgan fingerprint density at radius 1 is 1.17 bits per heavy atom. The lowest BCUT2D eigenvalue weighted by Gasteiger charge is -2.11. The second kappa shape index (κ2) is 9.11. The van der Waals surface area contributed by atoms with E-state index >= 15 is 0 Å². The molecule has 0 aliphatic carbocycles. The zero-order valence-corrected chi connectivity index (χ0v) is 17.4. The van der Waals surface area contributed by atoms with E-state index in [2.05, 4.69) is 15.6 Å². The number of benzene rings is 2. The van der Waals surface area contributed by atoms with Crippen LogP contribution in [0.3, 0.4) is 0 Å². The highest BCUT2D eigenvalue weighted by Crippen LogP contribution is 2.31. The Balaban J connectivity index is 1.63. The smallest absolute Gasteiger partial charge is 0.251 e. The summed E-state index contributed by atoms with van der Waals surface area (Å²) in [6, 6.07) is 10.3. The average molecular weight is 432 g/mol. The minimum Gasteiger partial charge on any atom is -0.441 e. The Bertz CT molecular complexity index is 1060. The van der Waals surface area contributed by atoms with Crippen LogP contribution in [0.1, 0.15) is 28.2 Å². The second-order valence-electron chi connectivity index (χ2n) is 6.35. The van der Waals surface area contributed by atoms with Crippen molar-refractivity contribution in [3.63, 3.8) is 0 Å². The zero-order valence-electron chi connectivity index (χ0n) is 15.9. The summed E-state index contributed by atoms with van der Waals surface area (Å²) >= 11 is 12.1. The number of oxazole rings is 1. The van der Waals surface area contributed by atoms with Crippen LogP contribution >= 0.6 is 23.2 Å². The number of halogens is 2. The standard InChI is InChI=1S/C21H19Cl2N3O3/c1-12-14(21(28)24-2)4-3-5-17(12)26-19(27)8-9-20-25-11-18(29-20)15-7-6-13(22)10-16(15)23/h3-7,10-11H,8-9H2,1-2H3,(H,24,28)(H,26,27). The molecule has 2 N–H and O–H groups in total. The van der Waals surface area contributed by atoms with E-state index in [0.29, 0.717) is 50.5 Å². The molecule has 29 heavy (non-hydrogen) atoms. The highest BCUT2D eigenvalue weighted by molar-refractivity contribution is 6.36. The molecule has 0 saturated carbocycles. The fourth-order valence-electron chi connectivity index (χ4n) is 2.82. The number of carbonyl (C=O) groups is 2. The summed E-state index contributed by atoms with van der Waals surface area (Å²) < 4.78 is 5.71. The van der Waals surface area contributed by atoms with Crippen LogP contribution in [-0.2, 0) is 11.2 Å². The molecule has 1 heterocycles. The quantitative estimate of drug-likeness (QED) is 0.581. The Morgan fingerprint density at radius 3 is 2.69 bits per heavy atom. The summed E-state index contributed by atoms with van der Waals surface area (Å²) in [4.78, 5) is 28.4. The Labute approximate surface area is 178 Å². The molecule has 0 spiro atoms. The number of nitrogens with one attached hydrogen (secondary N) is 2. The molecule has 6 nitrogen and oxygen atoms in total. The van der Waals surface area contributed by atoms with Gasteiger partial charge in [-0.15, -0.1) is 0 Å². The maximum atomic E-state index is 12.3. The first-order chi connectivity index (χ1) is 13.9. The normalized spacial score (nSPS) is 10.6. The minimum absolute atomic E-state index is 0.179. The Kier molecular flexibility index (Phi) is 6.56. The van der Waals surface area contributed by atoms with Gasteiger partial charge in [-0.25, -0.2) is 4.98 Å². The summed E-state index contributed by atoms with van der Waals surface area (Å²) in [6.45, 7) is 1.79. The summed E-state index contributed by atoms with van der Waals surface area (Å²) in [5.41, 5.74) is 2.50. The van der Waals surface area contributed by atoms with Crippen molar-refractivity contribution < 1.29 is 14.0 Å². The number of hydrogen-bond donors (Lipinski definition) is 2. The van der Waals surface area contributed by atoms with Gasteiger partial charge in [0.05, 0.1) is 11.2 Å². The molecule has 0 fully saturated rings. The van der Waals surface area contributed by atoms with E-state index in [4.69, 9.17) is 27.6 Å². The van der Waals surface area contributed by atoms with Crippen LogP contribution < -0.4 is 10.6 Å². The first-order valence-corrected chi connectivity index (χ1v) is 9.66. The summed E-state index contributed by atoms with van der Waals surface area (Å²) in [5, 5.41) is 6.41. The number of anilines is 1. The van der Waals surface area contributed by atoms with Gasteiger partial charge in [0.1, 0.15) is 0 Å². The van der Waals surface area contributed by atoms with Gasteiger partial charge in [-0.05, 0) is 42.8 Å². The molecule has 8 heteroatoms. The van der Waals surface area contributed by atoms with Crippen LogP contribution in [-0.4, -0.2) is 23.8 Å². The van der Waals surface area contributed by atoms with Gasteiger partial charge in [0.25, 0.3) is 5.91 Å². The Morgan fingerprint density at radius 2 is 1.97 bits per heavy atom. The highest BCUT2D eigenvalue weighted by Gasteiger charge is 2.14. The number of nitrogens with zero attached hydrogens (tertiary/aromatic N) is 1. The zero-order chi connectivity index (χ0) is 21.0. The van der Waals surface area contributed by atoms with E-state index < -0.39 is 0 Å². The van der Waals surface area contributed by atoms with Gasteiger partial charge >= 0.3 is 0 Å². The largest absolute Gasteiger partial charge is 0.441 e. The van der Waals surface area contributed by atoms with E-state index in [-0.39, 0.29) is 18.2 Å². The van der Waals surface area contributed by atoms with Crippen molar-refractivity contribution in [1.29, 1.82) is 0 Å². The van der Waals surface area contributed by atoms with Crippen molar-refractivity contribution in [3.8, 4) is 11.3 Å². The molecule has 2 aromatic carbocycles. The van der Waals surface area contributed by atoms with Gasteiger partial charge in [-0.1, -0.05) is 29.3 Å². The number of rotatable bonds is 6. The topological polar surface area (TPSA) is 84.2 Å². The van der Waals surface area contributed by atoms with E-state index in [1.807, 2.05) is 0 Å². The molecular formula is C21H19Cl2N3O3. The number of aryl methyl sites for hydroxylation is 1.